The molecule has 0 aliphatic carbocycles. The molecule has 3 N–H and O–H groups in total. The second-order valence-electron chi connectivity index (χ2n) is 4.65. The average Bonchev–Trinajstić information content (AvgIpc) is 2.46. The molecule has 2 aromatic rings. The zero-order valence-electron chi connectivity index (χ0n) is 11.1. The second kappa shape index (κ2) is 7.01. The summed E-state index contributed by atoms with van der Waals surface area (Å²) in [5, 5.41) is 2.89. The minimum absolute atomic E-state index is 0.000919. The number of carbonyl (C=O) groups is 1. The molecular formula is C16H18N2OS. The van der Waals surface area contributed by atoms with Crippen LogP contribution in [0.1, 0.15) is 16.4 Å². The van der Waals surface area contributed by atoms with Crippen LogP contribution in [-0.2, 0) is 11.2 Å². The minimum Gasteiger partial charge on any atom is -0.399 e. The number of carbonyl (C=O) groups excluding carboxylic acids is 1. The van der Waals surface area contributed by atoms with Gasteiger partial charge in [0.15, 0.2) is 0 Å². The van der Waals surface area contributed by atoms with E-state index < -0.39 is 0 Å². The Morgan fingerprint density at radius 1 is 1.15 bits per heavy atom. The Morgan fingerprint density at radius 3 is 2.60 bits per heavy atom. The Kier molecular flexibility index (Phi) is 5.07. The lowest BCUT2D eigenvalue weighted by molar-refractivity contribution is -0.120. The average molecular weight is 286 g/mol. The maximum atomic E-state index is 11.9. The topological polar surface area (TPSA) is 55.1 Å². The summed E-state index contributed by atoms with van der Waals surface area (Å²) in [7, 11) is 0. The molecule has 20 heavy (non-hydrogen) atoms. The smallest absolute Gasteiger partial charge is 0.224 e. The summed E-state index contributed by atoms with van der Waals surface area (Å²) in [5.74, 6) is -0.0226. The fourth-order valence-electron chi connectivity index (χ4n) is 1.95. The molecule has 1 atom stereocenters. The van der Waals surface area contributed by atoms with Crippen molar-refractivity contribution in [2.75, 3.05) is 12.3 Å². The molecule has 0 saturated carbocycles. The standard InChI is InChI=1S/C16H18N2OS/c17-14-8-4-5-12(9-14)10-16(19)18-11-15(20)13-6-2-1-3-7-13/h1-9,15,20H,10-11,17H2,(H,18,19). The van der Waals surface area contributed by atoms with E-state index in [1.807, 2.05) is 48.5 Å². The zero-order valence-corrected chi connectivity index (χ0v) is 12.0. The van der Waals surface area contributed by atoms with Crippen molar-refractivity contribution in [1.29, 1.82) is 0 Å². The second-order valence-corrected chi connectivity index (χ2v) is 5.28. The summed E-state index contributed by atoms with van der Waals surface area (Å²) in [6.45, 7) is 0.508. The number of hydrogen-bond acceptors (Lipinski definition) is 3. The third kappa shape index (κ3) is 4.31. The Bertz CT molecular complexity index is 572. The van der Waals surface area contributed by atoms with Gasteiger partial charge in [-0.3, -0.25) is 4.79 Å². The molecule has 0 aliphatic heterocycles. The van der Waals surface area contributed by atoms with Crippen molar-refractivity contribution in [2.45, 2.75) is 11.7 Å². The van der Waals surface area contributed by atoms with Gasteiger partial charge in [-0.25, -0.2) is 0 Å². The number of anilines is 1. The van der Waals surface area contributed by atoms with E-state index in [1.54, 1.807) is 6.07 Å². The molecule has 2 rings (SSSR count). The molecule has 1 amide bonds. The lowest BCUT2D eigenvalue weighted by atomic mass is 10.1. The number of nitrogen functional groups attached to an aromatic ring is 1. The number of benzene rings is 2. The van der Waals surface area contributed by atoms with Gasteiger partial charge in [0, 0.05) is 17.5 Å². The highest BCUT2D eigenvalue weighted by atomic mass is 32.1. The first-order valence-corrected chi connectivity index (χ1v) is 7.01. The van der Waals surface area contributed by atoms with Crippen molar-refractivity contribution in [3.05, 3.63) is 65.7 Å². The molecule has 0 heterocycles. The van der Waals surface area contributed by atoms with E-state index in [9.17, 15) is 4.79 Å². The third-order valence-corrected chi connectivity index (χ3v) is 3.47. The first kappa shape index (κ1) is 14.5. The molecule has 1 unspecified atom stereocenters. The SMILES string of the molecule is Nc1cccc(CC(=O)NCC(S)c2ccccc2)c1. The molecule has 0 aliphatic rings. The van der Waals surface area contributed by atoms with Crippen molar-refractivity contribution in [2.24, 2.45) is 0 Å². The van der Waals surface area contributed by atoms with Gasteiger partial charge in [0.25, 0.3) is 0 Å². The molecule has 2 aromatic carbocycles. The van der Waals surface area contributed by atoms with Crippen LogP contribution in [0, 0.1) is 0 Å². The van der Waals surface area contributed by atoms with Crippen LogP contribution in [0.2, 0.25) is 0 Å². The van der Waals surface area contributed by atoms with E-state index in [1.165, 1.54) is 0 Å². The lowest BCUT2D eigenvalue weighted by Crippen LogP contribution is -2.28. The van der Waals surface area contributed by atoms with Crippen LogP contribution in [-0.4, -0.2) is 12.5 Å². The quantitative estimate of drug-likeness (QED) is 0.584. The van der Waals surface area contributed by atoms with E-state index in [0.29, 0.717) is 18.7 Å². The van der Waals surface area contributed by atoms with Crippen LogP contribution >= 0.6 is 12.6 Å². The number of amides is 1. The van der Waals surface area contributed by atoms with Crippen molar-refractivity contribution in [3.8, 4) is 0 Å². The molecule has 0 spiro atoms. The van der Waals surface area contributed by atoms with E-state index in [0.717, 1.165) is 11.1 Å². The Hall–Kier alpha value is -1.94. The Labute approximate surface area is 124 Å². The van der Waals surface area contributed by atoms with Crippen LogP contribution < -0.4 is 11.1 Å². The van der Waals surface area contributed by atoms with E-state index in [4.69, 9.17) is 5.73 Å². The molecule has 104 valence electrons. The number of nitrogens with two attached hydrogens (primary N) is 1. The summed E-state index contributed by atoms with van der Waals surface area (Å²) in [6, 6.07) is 17.3. The van der Waals surface area contributed by atoms with Crippen LogP contribution in [0.25, 0.3) is 0 Å². The lowest BCUT2D eigenvalue weighted by Gasteiger charge is -2.12. The van der Waals surface area contributed by atoms with Gasteiger partial charge in [-0.05, 0) is 23.3 Å². The van der Waals surface area contributed by atoms with Gasteiger partial charge in [-0.2, -0.15) is 12.6 Å². The van der Waals surface area contributed by atoms with Gasteiger partial charge in [0.2, 0.25) is 5.91 Å². The zero-order chi connectivity index (χ0) is 14.4. The van der Waals surface area contributed by atoms with Gasteiger partial charge in [0.05, 0.1) is 6.42 Å². The number of nitrogens with one attached hydrogen (secondary N) is 1. The van der Waals surface area contributed by atoms with Gasteiger partial charge in [-0.15, -0.1) is 0 Å². The number of rotatable bonds is 5. The molecule has 0 fully saturated rings. The highest BCUT2D eigenvalue weighted by molar-refractivity contribution is 7.80. The predicted octanol–water partition coefficient (Wildman–Crippen LogP) is 2.60. The van der Waals surface area contributed by atoms with E-state index >= 15 is 0 Å². The summed E-state index contributed by atoms with van der Waals surface area (Å²) in [5.41, 5.74) is 8.37. The molecule has 3 nitrogen and oxygen atoms in total. The van der Waals surface area contributed by atoms with Gasteiger partial charge in [-0.1, -0.05) is 42.5 Å². The van der Waals surface area contributed by atoms with Crippen molar-refractivity contribution in [1.82, 2.24) is 5.32 Å². The van der Waals surface area contributed by atoms with Gasteiger partial charge < -0.3 is 11.1 Å². The summed E-state index contributed by atoms with van der Waals surface area (Å²) < 4.78 is 0. The molecule has 4 heteroatoms. The van der Waals surface area contributed by atoms with Gasteiger partial charge in [0.1, 0.15) is 0 Å². The van der Waals surface area contributed by atoms with Crippen LogP contribution in [0.3, 0.4) is 0 Å². The van der Waals surface area contributed by atoms with E-state index in [-0.39, 0.29) is 11.2 Å². The fourth-order valence-corrected chi connectivity index (χ4v) is 2.22. The maximum Gasteiger partial charge on any atom is 0.224 e. The summed E-state index contributed by atoms with van der Waals surface area (Å²) >= 11 is 4.50. The maximum absolute atomic E-state index is 11.9. The molecule has 0 radical (unpaired) electrons. The highest BCUT2D eigenvalue weighted by Crippen LogP contribution is 2.18. The Morgan fingerprint density at radius 2 is 1.90 bits per heavy atom. The highest BCUT2D eigenvalue weighted by Gasteiger charge is 2.08. The number of thiol groups is 1. The van der Waals surface area contributed by atoms with Gasteiger partial charge >= 0.3 is 0 Å². The normalized spacial score (nSPS) is 11.8. The van der Waals surface area contributed by atoms with Crippen molar-refractivity contribution < 1.29 is 4.79 Å². The molecule has 0 saturated heterocycles. The monoisotopic (exact) mass is 286 g/mol. The molecule has 0 aromatic heterocycles. The van der Waals surface area contributed by atoms with E-state index in [2.05, 4.69) is 17.9 Å². The van der Waals surface area contributed by atoms with Crippen molar-refractivity contribution >= 4 is 24.2 Å². The summed E-state index contributed by atoms with van der Waals surface area (Å²) in [6.07, 6.45) is 0.334. The number of hydrogen-bond donors (Lipinski definition) is 3. The third-order valence-electron chi connectivity index (χ3n) is 2.99. The van der Waals surface area contributed by atoms with Crippen LogP contribution in [0.4, 0.5) is 5.69 Å². The Balaban J connectivity index is 1.83. The van der Waals surface area contributed by atoms with Crippen LogP contribution in [0.15, 0.2) is 54.6 Å². The molecular weight excluding hydrogens is 268 g/mol. The first-order valence-electron chi connectivity index (χ1n) is 6.49. The molecule has 0 bridgehead atoms. The summed E-state index contributed by atoms with van der Waals surface area (Å²) in [4.78, 5) is 11.9. The first-order chi connectivity index (χ1) is 9.65. The fraction of sp³-hybridized carbons (Fsp3) is 0.188. The largest absolute Gasteiger partial charge is 0.399 e. The van der Waals surface area contributed by atoms with Crippen LogP contribution in [0.5, 0.6) is 0 Å². The predicted molar refractivity (Wildman–Crippen MR) is 85.7 cm³/mol. The van der Waals surface area contributed by atoms with Crippen molar-refractivity contribution in [3.63, 3.8) is 0 Å². The minimum atomic E-state index is -0.0226.